The molecule has 0 amide bonds. The summed E-state index contributed by atoms with van der Waals surface area (Å²) in [6, 6.07) is 14.7. The van der Waals surface area contributed by atoms with Gasteiger partial charge in [0.05, 0.1) is 0 Å². The molecule has 1 atom stereocenters. The molecular weight excluding hydrogens is 232 g/mol. The normalized spacial score (nSPS) is 22.6. The van der Waals surface area contributed by atoms with Crippen molar-refractivity contribution in [1.29, 1.82) is 0 Å². The van der Waals surface area contributed by atoms with E-state index in [0.29, 0.717) is 5.78 Å². The highest BCUT2D eigenvalue weighted by Gasteiger charge is 2.34. The molecule has 2 aromatic rings. The molecule has 2 aromatic carbocycles. The first-order chi connectivity index (χ1) is 9.07. The Kier molecular flexibility index (Phi) is 2.93. The molecule has 19 heavy (non-hydrogen) atoms. The molecule has 98 valence electrons. The summed E-state index contributed by atoms with van der Waals surface area (Å²) in [7, 11) is 0. The monoisotopic (exact) mass is 252 g/mol. The van der Waals surface area contributed by atoms with Crippen molar-refractivity contribution in [3.8, 4) is 0 Å². The van der Waals surface area contributed by atoms with E-state index in [1.807, 2.05) is 0 Å². The van der Waals surface area contributed by atoms with Gasteiger partial charge in [-0.05, 0) is 34.6 Å². The molecule has 1 aliphatic rings. The van der Waals surface area contributed by atoms with E-state index >= 15 is 0 Å². The summed E-state index contributed by atoms with van der Waals surface area (Å²) in [6.07, 6.45) is 2.72. The van der Waals surface area contributed by atoms with Crippen LogP contribution in [0.1, 0.15) is 44.6 Å². The molecule has 0 radical (unpaired) electrons. The van der Waals surface area contributed by atoms with Gasteiger partial charge in [0.15, 0.2) is 0 Å². The largest absolute Gasteiger partial charge is 0.299 e. The standard InChI is InChI=1S/C18H20O/c1-18(2)11-10-17(19)16(12-18)15-9-5-7-13-6-3-4-8-14(13)15/h3-9,16H,10-12H2,1-2H3/t16-/m0/s1. The lowest BCUT2D eigenvalue weighted by Gasteiger charge is -2.34. The zero-order valence-electron chi connectivity index (χ0n) is 11.6. The Bertz CT molecular complexity index is 619. The van der Waals surface area contributed by atoms with Gasteiger partial charge in [-0.2, -0.15) is 0 Å². The summed E-state index contributed by atoms with van der Waals surface area (Å²) in [5, 5.41) is 2.47. The van der Waals surface area contributed by atoms with E-state index < -0.39 is 0 Å². The van der Waals surface area contributed by atoms with E-state index in [-0.39, 0.29) is 11.3 Å². The van der Waals surface area contributed by atoms with Crippen molar-refractivity contribution in [3.63, 3.8) is 0 Å². The van der Waals surface area contributed by atoms with Crippen molar-refractivity contribution in [1.82, 2.24) is 0 Å². The van der Waals surface area contributed by atoms with Gasteiger partial charge in [0, 0.05) is 12.3 Å². The van der Waals surface area contributed by atoms with Gasteiger partial charge in [0.2, 0.25) is 0 Å². The minimum absolute atomic E-state index is 0.0786. The average Bonchev–Trinajstić information content (AvgIpc) is 2.41. The van der Waals surface area contributed by atoms with Crippen LogP contribution in [-0.4, -0.2) is 5.78 Å². The zero-order valence-corrected chi connectivity index (χ0v) is 11.6. The van der Waals surface area contributed by atoms with Crippen molar-refractivity contribution in [2.75, 3.05) is 0 Å². The van der Waals surface area contributed by atoms with Crippen molar-refractivity contribution in [3.05, 3.63) is 48.0 Å². The van der Waals surface area contributed by atoms with E-state index in [4.69, 9.17) is 0 Å². The molecule has 0 saturated heterocycles. The summed E-state index contributed by atoms with van der Waals surface area (Å²) in [5.74, 6) is 0.491. The Morgan fingerprint density at radius 2 is 1.79 bits per heavy atom. The van der Waals surface area contributed by atoms with Crippen molar-refractivity contribution < 1.29 is 4.79 Å². The first-order valence-corrected chi connectivity index (χ1v) is 7.07. The molecule has 1 fully saturated rings. The van der Waals surface area contributed by atoms with E-state index in [2.05, 4.69) is 56.3 Å². The van der Waals surface area contributed by atoms with Crippen LogP contribution in [0, 0.1) is 5.41 Å². The molecular formula is C18H20O. The molecule has 0 aromatic heterocycles. The quantitative estimate of drug-likeness (QED) is 0.718. The highest BCUT2D eigenvalue weighted by Crippen LogP contribution is 2.43. The lowest BCUT2D eigenvalue weighted by atomic mass is 9.69. The number of benzene rings is 2. The molecule has 0 heterocycles. The van der Waals surface area contributed by atoms with Crippen molar-refractivity contribution in [2.45, 2.75) is 39.0 Å². The van der Waals surface area contributed by atoms with Gasteiger partial charge in [-0.15, -0.1) is 0 Å². The van der Waals surface area contributed by atoms with Crippen molar-refractivity contribution >= 4 is 16.6 Å². The van der Waals surface area contributed by atoms with Crippen LogP contribution in [0.15, 0.2) is 42.5 Å². The molecule has 0 spiro atoms. The second kappa shape index (κ2) is 4.48. The Hall–Kier alpha value is -1.63. The summed E-state index contributed by atoms with van der Waals surface area (Å²) < 4.78 is 0. The van der Waals surface area contributed by atoms with Crippen LogP contribution in [0.2, 0.25) is 0 Å². The van der Waals surface area contributed by atoms with Gasteiger partial charge in [0.25, 0.3) is 0 Å². The number of Topliss-reactive ketones (excluding diaryl/α,β-unsaturated/α-hetero) is 1. The maximum atomic E-state index is 12.3. The second-order valence-corrected chi connectivity index (χ2v) is 6.46. The third-order valence-electron chi connectivity index (χ3n) is 4.39. The fourth-order valence-electron chi connectivity index (χ4n) is 3.24. The number of hydrogen-bond acceptors (Lipinski definition) is 1. The van der Waals surface area contributed by atoms with Crippen LogP contribution in [-0.2, 0) is 4.79 Å². The summed E-state index contributed by atoms with van der Waals surface area (Å²) in [5.41, 5.74) is 1.49. The predicted molar refractivity (Wildman–Crippen MR) is 79.3 cm³/mol. The van der Waals surface area contributed by atoms with Gasteiger partial charge in [-0.25, -0.2) is 0 Å². The van der Waals surface area contributed by atoms with Crippen LogP contribution in [0.5, 0.6) is 0 Å². The fraction of sp³-hybridized carbons (Fsp3) is 0.389. The van der Waals surface area contributed by atoms with Gasteiger partial charge >= 0.3 is 0 Å². The van der Waals surface area contributed by atoms with Crippen LogP contribution in [0.25, 0.3) is 10.8 Å². The molecule has 0 aliphatic heterocycles. The van der Waals surface area contributed by atoms with E-state index in [1.54, 1.807) is 0 Å². The molecule has 0 bridgehead atoms. The Morgan fingerprint density at radius 1 is 1.05 bits per heavy atom. The lowest BCUT2D eigenvalue weighted by Crippen LogP contribution is -2.28. The second-order valence-electron chi connectivity index (χ2n) is 6.46. The smallest absolute Gasteiger partial charge is 0.140 e. The van der Waals surface area contributed by atoms with Crippen LogP contribution in [0.4, 0.5) is 0 Å². The Balaban J connectivity index is 2.10. The van der Waals surface area contributed by atoms with Crippen LogP contribution in [0.3, 0.4) is 0 Å². The zero-order chi connectivity index (χ0) is 13.5. The lowest BCUT2D eigenvalue weighted by molar-refractivity contribution is -0.123. The van der Waals surface area contributed by atoms with Gasteiger partial charge in [-0.1, -0.05) is 56.3 Å². The number of fused-ring (bicyclic) bond motifs is 1. The van der Waals surface area contributed by atoms with Gasteiger partial charge in [0.1, 0.15) is 5.78 Å². The fourth-order valence-corrected chi connectivity index (χ4v) is 3.24. The summed E-state index contributed by atoms with van der Waals surface area (Å²) in [6.45, 7) is 4.55. The number of ketones is 1. The molecule has 0 unspecified atom stereocenters. The third-order valence-corrected chi connectivity index (χ3v) is 4.39. The molecule has 1 aliphatic carbocycles. The first kappa shape index (κ1) is 12.4. The minimum atomic E-state index is 0.0786. The maximum Gasteiger partial charge on any atom is 0.140 e. The van der Waals surface area contributed by atoms with E-state index in [0.717, 1.165) is 19.3 Å². The SMILES string of the molecule is CC1(C)CCC(=O)[C@H](c2cccc3ccccc23)C1. The molecule has 3 rings (SSSR count). The van der Waals surface area contributed by atoms with E-state index in [9.17, 15) is 4.79 Å². The Labute approximate surface area is 114 Å². The molecule has 1 heteroatoms. The predicted octanol–water partition coefficient (Wildman–Crippen LogP) is 4.70. The van der Waals surface area contributed by atoms with Crippen molar-refractivity contribution in [2.24, 2.45) is 5.41 Å². The third kappa shape index (κ3) is 2.30. The first-order valence-electron chi connectivity index (χ1n) is 7.07. The van der Waals surface area contributed by atoms with Gasteiger partial charge in [-0.3, -0.25) is 4.79 Å². The van der Waals surface area contributed by atoms with Crippen LogP contribution >= 0.6 is 0 Å². The Morgan fingerprint density at radius 3 is 2.63 bits per heavy atom. The van der Waals surface area contributed by atoms with Crippen LogP contribution < -0.4 is 0 Å². The minimum Gasteiger partial charge on any atom is -0.299 e. The number of rotatable bonds is 1. The average molecular weight is 252 g/mol. The highest BCUT2D eigenvalue weighted by atomic mass is 16.1. The topological polar surface area (TPSA) is 17.1 Å². The number of carbonyl (C=O) groups excluding carboxylic acids is 1. The maximum absolute atomic E-state index is 12.3. The molecule has 1 nitrogen and oxygen atoms in total. The number of hydrogen-bond donors (Lipinski definition) is 0. The number of carbonyl (C=O) groups is 1. The van der Waals surface area contributed by atoms with E-state index in [1.165, 1.54) is 16.3 Å². The van der Waals surface area contributed by atoms with Gasteiger partial charge < -0.3 is 0 Å². The molecule has 1 saturated carbocycles. The summed E-state index contributed by atoms with van der Waals surface area (Å²) >= 11 is 0. The molecule has 0 N–H and O–H groups in total. The summed E-state index contributed by atoms with van der Waals surface area (Å²) in [4.78, 5) is 12.3. The highest BCUT2D eigenvalue weighted by molar-refractivity contribution is 5.94.